The highest BCUT2D eigenvalue weighted by Crippen LogP contribution is 2.07. The van der Waals surface area contributed by atoms with Gasteiger partial charge in [-0.25, -0.2) is 8.42 Å². The Kier molecular flexibility index (Phi) is 5.55. The number of piperazine rings is 1. The Hall–Kier alpha value is -0.660. The summed E-state index contributed by atoms with van der Waals surface area (Å²) in [5.74, 6) is 0.251. The van der Waals surface area contributed by atoms with Crippen LogP contribution in [0.5, 0.6) is 0 Å². The van der Waals surface area contributed by atoms with E-state index in [2.05, 4.69) is 10.2 Å². The zero-order valence-corrected chi connectivity index (χ0v) is 12.2. The molecule has 1 aliphatic rings. The predicted octanol–water partition coefficient (Wildman–Crippen LogP) is -1.22. The summed E-state index contributed by atoms with van der Waals surface area (Å²) in [6, 6.07) is -0.173. The standard InChI is InChI=1S/C11H23N3O3S/c1-13(2)11(15)10-9-12-5-7-14(10)6-4-8-18(3,16)17/h10,12H,4-9H2,1-3H3. The van der Waals surface area contributed by atoms with Crippen LogP contribution in [0.4, 0.5) is 0 Å². The second-order valence-electron chi connectivity index (χ2n) is 4.97. The average Bonchev–Trinajstić information content (AvgIpc) is 2.27. The van der Waals surface area contributed by atoms with E-state index < -0.39 is 9.84 Å². The van der Waals surface area contributed by atoms with Gasteiger partial charge in [-0.3, -0.25) is 9.69 Å². The molecule has 1 heterocycles. The number of rotatable bonds is 5. The quantitative estimate of drug-likeness (QED) is 0.682. The molecular weight excluding hydrogens is 254 g/mol. The third-order valence-electron chi connectivity index (χ3n) is 3.04. The van der Waals surface area contributed by atoms with Crippen LogP contribution in [0.15, 0.2) is 0 Å². The minimum Gasteiger partial charge on any atom is -0.347 e. The topological polar surface area (TPSA) is 69.7 Å². The summed E-state index contributed by atoms with van der Waals surface area (Å²) in [6.45, 7) is 2.92. The number of hydrogen-bond acceptors (Lipinski definition) is 5. The van der Waals surface area contributed by atoms with E-state index >= 15 is 0 Å². The van der Waals surface area contributed by atoms with Crippen molar-refractivity contribution in [3.05, 3.63) is 0 Å². The van der Waals surface area contributed by atoms with E-state index in [9.17, 15) is 13.2 Å². The first-order chi connectivity index (χ1) is 8.31. The molecule has 1 unspecified atom stereocenters. The summed E-state index contributed by atoms with van der Waals surface area (Å²) >= 11 is 0. The van der Waals surface area contributed by atoms with Crippen molar-refractivity contribution in [2.75, 3.05) is 52.3 Å². The number of hydrogen-bond donors (Lipinski definition) is 1. The fourth-order valence-corrected chi connectivity index (χ4v) is 2.74. The fraction of sp³-hybridized carbons (Fsp3) is 0.909. The normalized spacial score (nSPS) is 21.8. The van der Waals surface area contributed by atoms with Crippen molar-refractivity contribution >= 4 is 15.7 Å². The Labute approximate surface area is 109 Å². The molecule has 1 amide bonds. The van der Waals surface area contributed by atoms with Crippen LogP contribution in [-0.2, 0) is 14.6 Å². The number of likely N-dealkylation sites (N-methyl/N-ethyl adjacent to an activating group) is 1. The van der Waals surface area contributed by atoms with Gasteiger partial charge in [0.2, 0.25) is 5.91 Å². The Morgan fingerprint density at radius 1 is 1.44 bits per heavy atom. The lowest BCUT2D eigenvalue weighted by Gasteiger charge is -2.36. The molecule has 1 N–H and O–H groups in total. The second kappa shape index (κ2) is 6.49. The monoisotopic (exact) mass is 277 g/mol. The van der Waals surface area contributed by atoms with Gasteiger partial charge in [0.1, 0.15) is 15.9 Å². The number of carbonyl (C=O) groups excluding carboxylic acids is 1. The van der Waals surface area contributed by atoms with Crippen molar-refractivity contribution in [1.82, 2.24) is 15.1 Å². The molecule has 0 aromatic carbocycles. The lowest BCUT2D eigenvalue weighted by atomic mass is 10.1. The van der Waals surface area contributed by atoms with Gasteiger partial charge in [-0.15, -0.1) is 0 Å². The van der Waals surface area contributed by atoms with Crippen LogP contribution in [0.25, 0.3) is 0 Å². The van der Waals surface area contributed by atoms with Crippen LogP contribution in [0.2, 0.25) is 0 Å². The van der Waals surface area contributed by atoms with E-state index in [1.165, 1.54) is 6.26 Å². The summed E-state index contributed by atoms with van der Waals surface area (Å²) in [5.41, 5.74) is 0. The van der Waals surface area contributed by atoms with Gasteiger partial charge in [-0.05, 0) is 13.0 Å². The highest BCUT2D eigenvalue weighted by Gasteiger charge is 2.29. The lowest BCUT2D eigenvalue weighted by molar-refractivity contribution is -0.135. The third kappa shape index (κ3) is 4.91. The summed E-state index contributed by atoms with van der Waals surface area (Å²) < 4.78 is 22.2. The summed E-state index contributed by atoms with van der Waals surface area (Å²) in [5, 5.41) is 3.20. The Balaban J connectivity index is 2.52. The van der Waals surface area contributed by atoms with Crippen LogP contribution in [0.3, 0.4) is 0 Å². The molecule has 0 radical (unpaired) electrons. The molecule has 1 fully saturated rings. The molecule has 0 aromatic rings. The van der Waals surface area contributed by atoms with E-state index in [0.29, 0.717) is 19.5 Å². The maximum Gasteiger partial charge on any atom is 0.240 e. The van der Waals surface area contributed by atoms with Gasteiger partial charge >= 0.3 is 0 Å². The number of sulfone groups is 1. The van der Waals surface area contributed by atoms with E-state index in [1.54, 1.807) is 19.0 Å². The van der Waals surface area contributed by atoms with Crippen molar-refractivity contribution in [1.29, 1.82) is 0 Å². The zero-order chi connectivity index (χ0) is 13.8. The first-order valence-electron chi connectivity index (χ1n) is 6.15. The molecule has 1 atom stereocenters. The van der Waals surface area contributed by atoms with E-state index in [0.717, 1.165) is 13.1 Å². The highest BCUT2D eigenvalue weighted by molar-refractivity contribution is 7.90. The number of amides is 1. The average molecular weight is 277 g/mol. The Morgan fingerprint density at radius 2 is 2.11 bits per heavy atom. The number of nitrogens with zero attached hydrogens (tertiary/aromatic N) is 2. The van der Waals surface area contributed by atoms with Gasteiger partial charge in [-0.1, -0.05) is 0 Å². The molecule has 0 aliphatic carbocycles. The highest BCUT2D eigenvalue weighted by atomic mass is 32.2. The summed E-state index contributed by atoms with van der Waals surface area (Å²) in [7, 11) is 0.567. The second-order valence-corrected chi connectivity index (χ2v) is 7.23. The minimum absolute atomic E-state index is 0.0709. The van der Waals surface area contributed by atoms with Crippen molar-refractivity contribution in [2.45, 2.75) is 12.5 Å². The van der Waals surface area contributed by atoms with Crippen molar-refractivity contribution in [3.8, 4) is 0 Å². The van der Waals surface area contributed by atoms with Crippen LogP contribution in [0.1, 0.15) is 6.42 Å². The van der Waals surface area contributed by atoms with Gasteiger partial charge in [0.05, 0.1) is 5.75 Å². The van der Waals surface area contributed by atoms with E-state index in [1.807, 2.05) is 0 Å². The minimum atomic E-state index is -2.92. The van der Waals surface area contributed by atoms with Crippen LogP contribution in [0, 0.1) is 0 Å². The van der Waals surface area contributed by atoms with E-state index in [4.69, 9.17) is 0 Å². The Morgan fingerprint density at radius 3 is 2.67 bits per heavy atom. The third-order valence-corrected chi connectivity index (χ3v) is 4.07. The largest absolute Gasteiger partial charge is 0.347 e. The summed E-state index contributed by atoms with van der Waals surface area (Å²) in [4.78, 5) is 15.7. The number of carbonyl (C=O) groups is 1. The van der Waals surface area contributed by atoms with Crippen LogP contribution in [-0.4, -0.2) is 82.4 Å². The van der Waals surface area contributed by atoms with Crippen molar-refractivity contribution in [3.63, 3.8) is 0 Å². The SMILES string of the molecule is CN(C)C(=O)C1CNCCN1CCCS(C)(=O)=O. The van der Waals surface area contributed by atoms with Crippen LogP contribution < -0.4 is 5.32 Å². The van der Waals surface area contributed by atoms with Crippen LogP contribution >= 0.6 is 0 Å². The zero-order valence-electron chi connectivity index (χ0n) is 11.3. The predicted molar refractivity (Wildman–Crippen MR) is 71.3 cm³/mol. The maximum absolute atomic E-state index is 12.0. The molecule has 6 nitrogen and oxygen atoms in total. The van der Waals surface area contributed by atoms with Crippen molar-refractivity contribution in [2.24, 2.45) is 0 Å². The molecule has 0 spiro atoms. The smallest absolute Gasteiger partial charge is 0.240 e. The molecule has 1 aliphatic heterocycles. The van der Waals surface area contributed by atoms with Gasteiger partial charge in [0, 0.05) is 40.0 Å². The number of nitrogens with one attached hydrogen (secondary N) is 1. The molecule has 7 heteroatoms. The first-order valence-corrected chi connectivity index (χ1v) is 8.21. The first kappa shape index (κ1) is 15.4. The molecule has 18 heavy (non-hydrogen) atoms. The van der Waals surface area contributed by atoms with Gasteiger partial charge in [-0.2, -0.15) is 0 Å². The molecule has 0 saturated carbocycles. The molecule has 106 valence electrons. The summed E-state index contributed by atoms with van der Waals surface area (Å²) in [6.07, 6.45) is 1.82. The van der Waals surface area contributed by atoms with Gasteiger partial charge in [0.15, 0.2) is 0 Å². The Bertz CT molecular complexity index is 381. The molecule has 0 aromatic heterocycles. The molecular formula is C11H23N3O3S. The molecule has 1 rings (SSSR count). The van der Waals surface area contributed by atoms with Gasteiger partial charge in [0.25, 0.3) is 0 Å². The lowest BCUT2D eigenvalue weighted by Crippen LogP contribution is -2.57. The van der Waals surface area contributed by atoms with Gasteiger partial charge < -0.3 is 10.2 Å². The molecule has 1 saturated heterocycles. The van der Waals surface area contributed by atoms with Crippen molar-refractivity contribution < 1.29 is 13.2 Å². The maximum atomic E-state index is 12.0. The van der Waals surface area contributed by atoms with E-state index in [-0.39, 0.29) is 17.7 Å². The fourth-order valence-electron chi connectivity index (χ4n) is 2.09. The molecule has 0 bridgehead atoms.